The fourth-order valence-electron chi connectivity index (χ4n) is 1.75. The molecular weight excluding hydrogens is 309 g/mol. The summed E-state index contributed by atoms with van der Waals surface area (Å²) in [5, 5.41) is -1.07. The molecule has 0 aromatic rings. The van der Waals surface area contributed by atoms with E-state index in [2.05, 4.69) is 0 Å². The number of likely N-dealkylation sites (tertiary alicyclic amines) is 1. The van der Waals surface area contributed by atoms with Crippen LogP contribution in [0.25, 0.3) is 0 Å². The molecule has 0 bridgehead atoms. The van der Waals surface area contributed by atoms with E-state index in [0.717, 1.165) is 0 Å². The maximum absolute atomic E-state index is 12.8. The highest BCUT2D eigenvalue weighted by Gasteiger charge is 2.65. The van der Waals surface area contributed by atoms with E-state index in [1.165, 1.54) is 0 Å². The van der Waals surface area contributed by atoms with Crippen molar-refractivity contribution in [2.75, 3.05) is 18.8 Å². The molecule has 0 saturated carbocycles. The number of carbonyl (C=O) groups is 1. The van der Waals surface area contributed by atoms with Crippen LogP contribution in [-0.4, -0.2) is 55.4 Å². The molecule has 1 heterocycles. The van der Waals surface area contributed by atoms with Gasteiger partial charge in [0.25, 0.3) is 0 Å². The lowest BCUT2D eigenvalue weighted by Crippen LogP contribution is -2.63. The molecule has 0 aromatic carbocycles. The summed E-state index contributed by atoms with van der Waals surface area (Å²) in [5.74, 6) is -8.28. The third-order valence-electron chi connectivity index (χ3n) is 2.83. The van der Waals surface area contributed by atoms with Crippen LogP contribution in [0.3, 0.4) is 0 Å². The highest BCUT2D eigenvalue weighted by molar-refractivity contribution is 7.92. The summed E-state index contributed by atoms with van der Waals surface area (Å²) in [6.45, 7) is 2.02. The number of amides is 1. The lowest BCUT2D eigenvalue weighted by Gasteiger charge is -2.40. The van der Waals surface area contributed by atoms with Gasteiger partial charge in [0.15, 0.2) is 9.84 Å². The second-order valence-electron chi connectivity index (χ2n) is 5.13. The minimum atomic E-state index is -5.98. The largest absolute Gasteiger partial charge is 0.463 e. The molecule has 1 amide bonds. The molecule has 10 heteroatoms. The zero-order chi connectivity index (χ0) is 15.9. The number of rotatable bonds is 4. The molecule has 1 aliphatic heterocycles. The summed E-state index contributed by atoms with van der Waals surface area (Å²) in [4.78, 5) is 11.3. The molecule has 0 aliphatic carbocycles. The van der Waals surface area contributed by atoms with Crippen molar-refractivity contribution in [2.45, 2.75) is 31.2 Å². The van der Waals surface area contributed by atoms with E-state index in [1.54, 1.807) is 13.8 Å². The molecule has 0 spiro atoms. The van der Waals surface area contributed by atoms with Gasteiger partial charge in [-0.15, -0.1) is 0 Å². The Morgan fingerprint density at radius 2 is 1.65 bits per heavy atom. The van der Waals surface area contributed by atoms with E-state index in [0.29, 0.717) is 0 Å². The Morgan fingerprint density at radius 1 is 1.20 bits per heavy atom. The van der Waals surface area contributed by atoms with Gasteiger partial charge in [0.2, 0.25) is 0 Å². The van der Waals surface area contributed by atoms with Crippen molar-refractivity contribution in [2.24, 2.45) is 5.92 Å². The second kappa shape index (κ2) is 5.12. The normalized spacial score (nSPS) is 18.3. The van der Waals surface area contributed by atoms with Crippen LogP contribution in [0.15, 0.2) is 0 Å². The predicted molar refractivity (Wildman–Crippen MR) is 60.0 cm³/mol. The van der Waals surface area contributed by atoms with Gasteiger partial charge in [-0.1, -0.05) is 13.8 Å². The van der Waals surface area contributed by atoms with Crippen LogP contribution in [0.1, 0.15) is 13.8 Å². The maximum Gasteiger partial charge on any atom is 0.463 e. The topological polar surface area (TPSA) is 54.5 Å². The van der Waals surface area contributed by atoms with E-state index in [-0.39, 0.29) is 16.6 Å². The number of carbonyl (C=O) groups excluding carboxylic acids is 1. The summed E-state index contributed by atoms with van der Waals surface area (Å²) in [6.07, 6.45) is -5.98. The molecule has 0 atom stereocenters. The Bertz CT molecular complexity index is 480. The first-order valence-corrected chi connectivity index (χ1v) is 7.46. The van der Waals surface area contributed by atoms with Crippen LogP contribution in [0.2, 0.25) is 0 Å². The van der Waals surface area contributed by atoms with Crippen molar-refractivity contribution in [3.63, 3.8) is 0 Å². The Kier molecular flexibility index (Phi) is 4.38. The van der Waals surface area contributed by atoms with Gasteiger partial charge in [0.05, 0.1) is 11.0 Å². The third kappa shape index (κ3) is 3.21. The van der Waals surface area contributed by atoms with Crippen LogP contribution >= 0.6 is 0 Å². The van der Waals surface area contributed by atoms with Crippen molar-refractivity contribution in [3.05, 3.63) is 0 Å². The van der Waals surface area contributed by atoms with Gasteiger partial charge in [0, 0.05) is 13.1 Å². The van der Waals surface area contributed by atoms with Crippen LogP contribution in [0.4, 0.5) is 22.0 Å². The molecule has 4 nitrogen and oxygen atoms in total. The monoisotopic (exact) mass is 323 g/mol. The number of sulfone groups is 1. The molecule has 0 unspecified atom stereocenters. The Labute approximate surface area is 112 Å². The van der Waals surface area contributed by atoms with Crippen LogP contribution in [-0.2, 0) is 14.6 Å². The first kappa shape index (κ1) is 17.1. The van der Waals surface area contributed by atoms with Crippen molar-refractivity contribution in [1.29, 1.82) is 0 Å². The molecule has 1 fully saturated rings. The number of hydrogen-bond donors (Lipinski definition) is 0. The number of nitrogens with zero attached hydrogens (tertiary/aromatic N) is 1. The van der Waals surface area contributed by atoms with Gasteiger partial charge in [-0.3, -0.25) is 4.79 Å². The minimum Gasteiger partial charge on any atom is -0.334 e. The van der Waals surface area contributed by atoms with Gasteiger partial charge < -0.3 is 4.90 Å². The summed E-state index contributed by atoms with van der Waals surface area (Å²) in [5.41, 5.74) is 0. The molecule has 20 heavy (non-hydrogen) atoms. The van der Waals surface area contributed by atoms with Crippen LogP contribution in [0, 0.1) is 5.92 Å². The maximum atomic E-state index is 12.8. The highest BCUT2D eigenvalue weighted by atomic mass is 32.2. The third-order valence-corrected chi connectivity index (χ3v) is 5.28. The SMILES string of the molecule is CC(C)CS(=O)(=O)C1CN(C(=O)C(F)(F)C(F)(F)F)C1. The zero-order valence-electron chi connectivity index (χ0n) is 10.7. The predicted octanol–water partition coefficient (Wildman–Crippen LogP) is 1.47. The van der Waals surface area contributed by atoms with Crippen molar-refractivity contribution in [3.8, 4) is 0 Å². The lowest BCUT2D eigenvalue weighted by atomic mass is 10.1. The van der Waals surface area contributed by atoms with E-state index in [1.807, 2.05) is 0 Å². The smallest absolute Gasteiger partial charge is 0.334 e. The minimum absolute atomic E-state index is 0.193. The van der Waals surface area contributed by atoms with Crippen molar-refractivity contribution in [1.82, 2.24) is 4.90 Å². The van der Waals surface area contributed by atoms with E-state index >= 15 is 0 Å². The standard InChI is InChI=1S/C10H14F5NO3S/c1-6(2)5-20(18,19)7-3-16(4-7)8(17)9(11,12)10(13,14)15/h6-7H,3-5H2,1-2H3. The Hall–Kier alpha value is -0.930. The molecule has 0 aromatic heterocycles. The molecule has 118 valence electrons. The molecule has 0 N–H and O–H groups in total. The highest BCUT2D eigenvalue weighted by Crippen LogP contribution is 2.38. The second-order valence-corrected chi connectivity index (χ2v) is 7.45. The first-order chi connectivity index (χ1) is 8.79. The molecular formula is C10H14F5NO3S. The summed E-state index contributed by atoms with van der Waals surface area (Å²) in [6, 6.07) is 0. The van der Waals surface area contributed by atoms with E-state index < -0.39 is 46.2 Å². The quantitative estimate of drug-likeness (QED) is 0.736. The number of alkyl halides is 5. The Balaban J connectivity index is 2.69. The number of halogens is 5. The van der Waals surface area contributed by atoms with E-state index in [9.17, 15) is 35.2 Å². The van der Waals surface area contributed by atoms with Gasteiger partial charge in [0.1, 0.15) is 0 Å². The molecule has 1 saturated heterocycles. The van der Waals surface area contributed by atoms with Gasteiger partial charge in [-0.2, -0.15) is 22.0 Å². The number of hydrogen-bond acceptors (Lipinski definition) is 3. The fraction of sp³-hybridized carbons (Fsp3) is 0.900. The lowest BCUT2D eigenvalue weighted by molar-refractivity contribution is -0.275. The van der Waals surface area contributed by atoms with Gasteiger partial charge in [-0.25, -0.2) is 8.42 Å². The molecule has 1 aliphatic rings. The first-order valence-electron chi connectivity index (χ1n) is 5.74. The zero-order valence-corrected chi connectivity index (χ0v) is 11.6. The average Bonchev–Trinajstić information content (AvgIpc) is 2.09. The Morgan fingerprint density at radius 3 is 2.00 bits per heavy atom. The van der Waals surface area contributed by atoms with Crippen molar-refractivity contribution < 1.29 is 35.2 Å². The van der Waals surface area contributed by atoms with Crippen molar-refractivity contribution >= 4 is 15.7 Å². The van der Waals surface area contributed by atoms with Gasteiger partial charge >= 0.3 is 18.0 Å². The summed E-state index contributed by atoms with van der Waals surface area (Å²) in [7, 11) is -3.59. The van der Waals surface area contributed by atoms with Gasteiger partial charge in [-0.05, 0) is 5.92 Å². The van der Waals surface area contributed by atoms with Crippen LogP contribution < -0.4 is 0 Å². The van der Waals surface area contributed by atoms with E-state index in [4.69, 9.17) is 0 Å². The summed E-state index contributed by atoms with van der Waals surface area (Å²) < 4.78 is 84.9. The molecule has 1 rings (SSSR count). The molecule has 0 radical (unpaired) electrons. The summed E-state index contributed by atoms with van der Waals surface area (Å²) >= 11 is 0. The average molecular weight is 323 g/mol. The van der Waals surface area contributed by atoms with Crippen LogP contribution in [0.5, 0.6) is 0 Å². The fourth-order valence-corrected chi connectivity index (χ4v) is 3.77.